The lowest BCUT2D eigenvalue weighted by atomic mass is 10.2. The molecule has 0 atom stereocenters. The number of rotatable bonds is 2. The molecule has 8 heteroatoms. The second-order valence-corrected chi connectivity index (χ2v) is 4.26. The van der Waals surface area contributed by atoms with Crippen molar-refractivity contribution in [3.8, 4) is 17.7 Å². The molecular weight excluding hydrogens is 312 g/mol. The summed E-state index contributed by atoms with van der Waals surface area (Å²) in [5.74, 6) is -1.76. The number of hydrogen-bond donors (Lipinski definition) is 0. The van der Waals surface area contributed by atoms with Crippen LogP contribution in [0.1, 0.15) is 11.1 Å². The van der Waals surface area contributed by atoms with Gasteiger partial charge in [0.25, 0.3) is 0 Å². The Balaban J connectivity index is 2.36. The molecule has 2 rings (SSSR count). The molecule has 0 bridgehead atoms. The first-order chi connectivity index (χ1) is 9.79. The van der Waals surface area contributed by atoms with Crippen LogP contribution in [-0.4, -0.2) is 4.98 Å². The summed E-state index contributed by atoms with van der Waals surface area (Å²) in [4.78, 5) is 3.54. The summed E-state index contributed by atoms with van der Waals surface area (Å²) in [7, 11) is 0. The van der Waals surface area contributed by atoms with E-state index in [1.54, 1.807) is 6.07 Å². The van der Waals surface area contributed by atoms with Crippen LogP contribution in [0.4, 0.5) is 17.6 Å². The molecule has 0 N–H and O–H groups in total. The summed E-state index contributed by atoms with van der Waals surface area (Å²) in [6.45, 7) is 0. The molecule has 0 aliphatic carbocycles. The van der Waals surface area contributed by atoms with E-state index in [4.69, 9.17) is 21.6 Å². The smallest absolute Gasteiger partial charge is 0.416 e. The molecule has 1 heterocycles. The minimum atomic E-state index is -4.63. The highest BCUT2D eigenvalue weighted by atomic mass is 35.5. The van der Waals surface area contributed by atoms with E-state index in [0.29, 0.717) is 12.1 Å². The van der Waals surface area contributed by atoms with Crippen molar-refractivity contribution in [3.05, 3.63) is 52.4 Å². The van der Waals surface area contributed by atoms with Gasteiger partial charge in [0.05, 0.1) is 17.2 Å². The van der Waals surface area contributed by atoms with E-state index < -0.39 is 28.6 Å². The maximum Gasteiger partial charge on any atom is 0.416 e. The Hall–Kier alpha value is -2.33. The van der Waals surface area contributed by atoms with Gasteiger partial charge in [0.2, 0.25) is 5.88 Å². The van der Waals surface area contributed by atoms with E-state index in [-0.39, 0.29) is 11.3 Å². The molecule has 21 heavy (non-hydrogen) atoms. The van der Waals surface area contributed by atoms with Gasteiger partial charge in [-0.25, -0.2) is 9.37 Å². The SMILES string of the molecule is N#Cc1ccc(Oc2cc(C(F)(F)F)cc(Cl)n2)c(F)c1. The molecule has 3 nitrogen and oxygen atoms in total. The fraction of sp³-hybridized carbons (Fsp3) is 0.0769. The summed E-state index contributed by atoms with van der Waals surface area (Å²) >= 11 is 5.48. The number of aromatic nitrogens is 1. The van der Waals surface area contributed by atoms with Crippen molar-refractivity contribution in [1.82, 2.24) is 4.98 Å². The molecule has 108 valence electrons. The predicted molar refractivity (Wildman–Crippen MR) is 65.4 cm³/mol. The first-order valence-electron chi connectivity index (χ1n) is 5.42. The standard InChI is InChI=1S/C13H5ClF4N2O/c14-11-4-8(13(16,17)18)5-12(20-11)21-10-2-1-7(6-19)3-9(10)15/h1-5H. The lowest BCUT2D eigenvalue weighted by molar-refractivity contribution is -0.137. The van der Waals surface area contributed by atoms with Gasteiger partial charge in [0.1, 0.15) is 5.15 Å². The van der Waals surface area contributed by atoms with Crippen molar-refractivity contribution < 1.29 is 22.3 Å². The third-order valence-electron chi connectivity index (χ3n) is 2.37. The van der Waals surface area contributed by atoms with Crippen LogP contribution in [0, 0.1) is 17.1 Å². The Morgan fingerprint density at radius 2 is 1.90 bits per heavy atom. The molecule has 0 saturated heterocycles. The zero-order chi connectivity index (χ0) is 15.6. The first kappa shape index (κ1) is 15.1. The van der Waals surface area contributed by atoms with Crippen LogP contribution >= 0.6 is 11.6 Å². The molecular formula is C13H5ClF4N2O. The van der Waals surface area contributed by atoms with E-state index in [9.17, 15) is 17.6 Å². The molecule has 2 aromatic rings. The number of alkyl halides is 3. The average Bonchev–Trinajstić information content (AvgIpc) is 2.39. The van der Waals surface area contributed by atoms with Crippen LogP contribution < -0.4 is 4.74 Å². The van der Waals surface area contributed by atoms with Gasteiger partial charge in [-0.15, -0.1) is 0 Å². The molecule has 0 aliphatic rings. The normalized spacial score (nSPS) is 11.0. The Bertz CT molecular complexity index is 725. The van der Waals surface area contributed by atoms with Gasteiger partial charge in [0, 0.05) is 6.07 Å². The fourth-order valence-electron chi connectivity index (χ4n) is 1.45. The predicted octanol–water partition coefficient (Wildman–Crippen LogP) is 4.56. The van der Waals surface area contributed by atoms with Crippen molar-refractivity contribution in [2.45, 2.75) is 6.18 Å². The summed E-state index contributed by atoms with van der Waals surface area (Å²) in [5.41, 5.74) is -1.01. The monoisotopic (exact) mass is 316 g/mol. The highest BCUT2D eigenvalue weighted by molar-refractivity contribution is 6.29. The number of ether oxygens (including phenoxy) is 1. The average molecular weight is 317 g/mol. The van der Waals surface area contributed by atoms with Crippen LogP contribution in [0.3, 0.4) is 0 Å². The minimum Gasteiger partial charge on any atom is -0.436 e. The molecule has 0 saturated carbocycles. The second-order valence-electron chi connectivity index (χ2n) is 3.87. The van der Waals surface area contributed by atoms with Gasteiger partial charge < -0.3 is 4.74 Å². The Labute approximate surface area is 121 Å². The Morgan fingerprint density at radius 3 is 2.48 bits per heavy atom. The van der Waals surface area contributed by atoms with Gasteiger partial charge in [-0.2, -0.15) is 18.4 Å². The Morgan fingerprint density at radius 1 is 1.19 bits per heavy atom. The molecule has 0 unspecified atom stereocenters. The molecule has 0 fully saturated rings. The minimum absolute atomic E-state index is 0.0508. The van der Waals surface area contributed by atoms with Crippen molar-refractivity contribution in [1.29, 1.82) is 5.26 Å². The van der Waals surface area contributed by atoms with Crippen molar-refractivity contribution in [2.75, 3.05) is 0 Å². The van der Waals surface area contributed by atoms with Crippen LogP contribution in [-0.2, 0) is 6.18 Å². The number of halogens is 5. The summed E-state index contributed by atoms with van der Waals surface area (Å²) in [5, 5.41) is 8.16. The second kappa shape index (κ2) is 5.58. The lowest BCUT2D eigenvalue weighted by Crippen LogP contribution is -2.06. The van der Waals surface area contributed by atoms with Crippen molar-refractivity contribution in [3.63, 3.8) is 0 Å². The summed E-state index contributed by atoms with van der Waals surface area (Å²) < 4.78 is 56.4. The van der Waals surface area contributed by atoms with E-state index in [2.05, 4.69) is 4.98 Å². The lowest BCUT2D eigenvalue weighted by Gasteiger charge is -2.10. The highest BCUT2D eigenvalue weighted by Crippen LogP contribution is 2.34. The molecule has 1 aromatic carbocycles. The summed E-state index contributed by atoms with van der Waals surface area (Å²) in [6.07, 6.45) is -4.63. The number of pyridine rings is 1. The maximum absolute atomic E-state index is 13.6. The van der Waals surface area contributed by atoms with Crippen molar-refractivity contribution >= 4 is 11.6 Å². The van der Waals surface area contributed by atoms with E-state index in [0.717, 1.165) is 12.1 Å². The van der Waals surface area contributed by atoms with E-state index in [1.807, 2.05) is 0 Å². The first-order valence-corrected chi connectivity index (χ1v) is 5.79. The zero-order valence-electron chi connectivity index (χ0n) is 10.1. The van der Waals surface area contributed by atoms with E-state index in [1.165, 1.54) is 6.07 Å². The zero-order valence-corrected chi connectivity index (χ0v) is 10.8. The van der Waals surface area contributed by atoms with Crippen LogP contribution in [0.25, 0.3) is 0 Å². The maximum atomic E-state index is 13.6. The van der Waals surface area contributed by atoms with Crippen LogP contribution in [0.15, 0.2) is 30.3 Å². The third-order valence-corrected chi connectivity index (χ3v) is 2.57. The van der Waals surface area contributed by atoms with Crippen LogP contribution in [0.2, 0.25) is 5.15 Å². The number of hydrogen-bond acceptors (Lipinski definition) is 3. The van der Waals surface area contributed by atoms with Gasteiger partial charge in [-0.1, -0.05) is 11.6 Å². The number of benzene rings is 1. The molecule has 0 aliphatic heterocycles. The number of nitrogens with zero attached hydrogens (tertiary/aromatic N) is 2. The molecule has 0 radical (unpaired) electrons. The third kappa shape index (κ3) is 3.61. The van der Waals surface area contributed by atoms with Gasteiger partial charge >= 0.3 is 6.18 Å². The van der Waals surface area contributed by atoms with Crippen molar-refractivity contribution in [2.24, 2.45) is 0 Å². The number of nitriles is 1. The summed E-state index contributed by atoms with van der Waals surface area (Å²) in [6, 6.07) is 6.21. The van der Waals surface area contributed by atoms with E-state index >= 15 is 0 Å². The fourth-order valence-corrected chi connectivity index (χ4v) is 1.66. The van der Waals surface area contributed by atoms with Gasteiger partial charge in [-0.3, -0.25) is 0 Å². The van der Waals surface area contributed by atoms with Crippen LogP contribution in [0.5, 0.6) is 11.6 Å². The van der Waals surface area contributed by atoms with Gasteiger partial charge in [0.15, 0.2) is 11.6 Å². The highest BCUT2D eigenvalue weighted by Gasteiger charge is 2.32. The molecule has 0 amide bonds. The Kier molecular flexibility index (Phi) is 4.00. The largest absolute Gasteiger partial charge is 0.436 e. The molecule has 0 spiro atoms. The molecule has 1 aromatic heterocycles. The van der Waals surface area contributed by atoms with Gasteiger partial charge in [-0.05, 0) is 24.3 Å². The topological polar surface area (TPSA) is 45.9 Å². The quantitative estimate of drug-likeness (QED) is 0.603.